The highest BCUT2D eigenvalue weighted by molar-refractivity contribution is 6.31. The zero-order valence-electron chi connectivity index (χ0n) is 17.4. The molecule has 8 heteroatoms. The third-order valence-corrected chi connectivity index (χ3v) is 5.48. The van der Waals surface area contributed by atoms with Crippen LogP contribution >= 0.6 is 11.6 Å². The Bertz CT molecular complexity index is 845. The Morgan fingerprint density at radius 3 is 2.30 bits per heavy atom. The maximum atomic E-state index is 12.9. The van der Waals surface area contributed by atoms with E-state index in [0.29, 0.717) is 47.6 Å². The molecule has 1 saturated heterocycles. The number of hydrogen-bond donors (Lipinski definition) is 1. The van der Waals surface area contributed by atoms with Crippen LogP contribution in [0.4, 0.5) is 0 Å². The zero-order chi connectivity index (χ0) is 21.5. The first-order valence-corrected chi connectivity index (χ1v) is 10.1. The van der Waals surface area contributed by atoms with Crippen molar-refractivity contribution in [1.82, 2.24) is 10.2 Å². The molecule has 3 rings (SSSR count). The molecular weight excluding hydrogens is 408 g/mol. The number of hydrogen-bond acceptors (Lipinski definition) is 6. The van der Waals surface area contributed by atoms with Crippen LogP contribution in [0.3, 0.4) is 0 Å². The van der Waals surface area contributed by atoms with Gasteiger partial charge in [-0.2, -0.15) is 0 Å². The van der Waals surface area contributed by atoms with E-state index in [9.17, 15) is 4.79 Å². The second-order valence-corrected chi connectivity index (χ2v) is 7.22. The van der Waals surface area contributed by atoms with Crippen LogP contribution < -0.4 is 19.5 Å². The van der Waals surface area contributed by atoms with Gasteiger partial charge in [0.1, 0.15) is 0 Å². The summed E-state index contributed by atoms with van der Waals surface area (Å²) in [4.78, 5) is 15.2. The Labute approximate surface area is 181 Å². The number of morpholine rings is 1. The molecule has 0 saturated carbocycles. The molecule has 1 aliphatic rings. The molecule has 1 atom stereocenters. The first kappa shape index (κ1) is 22.2. The van der Waals surface area contributed by atoms with E-state index in [-0.39, 0.29) is 11.9 Å². The highest BCUT2D eigenvalue weighted by Gasteiger charge is 2.25. The van der Waals surface area contributed by atoms with Gasteiger partial charge in [0.25, 0.3) is 5.91 Å². The molecule has 162 valence electrons. The number of benzene rings is 2. The van der Waals surface area contributed by atoms with Gasteiger partial charge >= 0.3 is 0 Å². The smallest absolute Gasteiger partial charge is 0.251 e. The molecule has 2 aromatic carbocycles. The lowest BCUT2D eigenvalue weighted by atomic mass is 10.0. The van der Waals surface area contributed by atoms with Gasteiger partial charge in [-0.3, -0.25) is 9.69 Å². The van der Waals surface area contributed by atoms with Gasteiger partial charge < -0.3 is 24.3 Å². The van der Waals surface area contributed by atoms with Crippen molar-refractivity contribution in [3.05, 3.63) is 52.5 Å². The van der Waals surface area contributed by atoms with Crippen LogP contribution in [0.15, 0.2) is 36.4 Å². The monoisotopic (exact) mass is 434 g/mol. The highest BCUT2D eigenvalue weighted by Crippen LogP contribution is 2.38. The molecule has 0 radical (unpaired) electrons. The molecule has 30 heavy (non-hydrogen) atoms. The molecule has 1 unspecified atom stereocenters. The van der Waals surface area contributed by atoms with E-state index in [1.54, 1.807) is 12.1 Å². The molecule has 1 heterocycles. The average Bonchev–Trinajstić information content (AvgIpc) is 2.79. The predicted molar refractivity (Wildman–Crippen MR) is 115 cm³/mol. The normalized spacial score (nSPS) is 15.3. The van der Waals surface area contributed by atoms with Crippen LogP contribution in [0.5, 0.6) is 17.2 Å². The summed E-state index contributed by atoms with van der Waals surface area (Å²) in [6.45, 7) is 3.26. The van der Waals surface area contributed by atoms with Crippen LogP contribution in [-0.2, 0) is 4.74 Å². The number of ether oxygens (including phenoxy) is 4. The third-order valence-electron chi connectivity index (χ3n) is 5.13. The van der Waals surface area contributed by atoms with Crippen molar-refractivity contribution in [2.75, 3.05) is 54.2 Å². The van der Waals surface area contributed by atoms with Crippen LogP contribution in [-0.4, -0.2) is 65.0 Å². The fourth-order valence-electron chi connectivity index (χ4n) is 3.57. The van der Waals surface area contributed by atoms with Crippen molar-refractivity contribution >= 4 is 17.5 Å². The van der Waals surface area contributed by atoms with Gasteiger partial charge in [0.2, 0.25) is 5.75 Å². The lowest BCUT2D eigenvalue weighted by Crippen LogP contribution is -2.44. The number of methoxy groups -OCH3 is 3. The lowest BCUT2D eigenvalue weighted by molar-refractivity contribution is 0.0162. The quantitative estimate of drug-likeness (QED) is 0.688. The van der Waals surface area contributed by atoms with E-state index in [1.165, 1.54) is 21.3 Å². The van der Waals surface area contributed by atoms with E-state index >= 15 is 0 Å². The van der Waals surface area contributed by atoms with Crippen molar-refractivity contribution in [3.63, 3.8) is 0 Å². The van der Waals surface area contributed by atoms with Crippen LogP contribution in [0.25, 0.3) is 0 Å². The highest BCUT2D eigenvalue weighted by atomic mass is 35.5. The van der Waals surface area contributed by atoms with Gasteiger partial charge in [-0.25, -0.2) is 0 Å². The second-order valence-electron chi connectivity index (χ2n) is 6.81. The fourth-order valence-corrected chi connectivity index (χ4v) is 3.84. The van der Waals surface area contributed by atoms with Crippen molar-refractivity contribution in [1.29, 1.82) is 0 Å². The molecule has 1 amide bonds. The Kier molecular flexibility index (Phi) is 7.79. The zero-order valence-corrected chi connectivity index (χ0v) is 18.2. The number of carbonyl (C=O) groups excluding carboxylic acids is 1. The maximum Gasteiger partial charge on any atom is 0.251 e. The van der Waals surface area contributed by atoms with Gasteiger partial charge in [-0.05, 0) is 23.8 Å². The van der Waals surface area contributed by atoms with E-state index in [4.69, 9.17) is 30.5 Å². The minimum Gasteiger partial charge on any atom is -0.493 e. The molecule has 0 bridgehead atoms. The molecule has 1 fully saturated rings. The first-order valence-electron chi connectivity index (χ1n) is 9.73. The van der Waals surface area contributed by atoms with Crippen molar-refractivity contribution in [3.8, 4) is 17.2 Å². The summed E-state index contributed by atoms with van der Waals surface area (Å²) in [5.41, 5.74) is 1.40. The van der Waals surface area contributed by atoms with E-state index in [1.807, 2.05) is 24.3 Å². The van der Waals surface area contributed by atoms with E-state index in [2.05, 4.69) is 10.2 Å². The molecule has 2 aromatic rings. The van der Waals surface area contributed by atoms with Crippen molar-refractivity contribution in [2.45, 2.75) is 6.04 Å². The first-order chi connectivity index (χ1) is 14.6. The standard InChI is InChI=1S/C22H27ClN2O5/c1-27-19-12-15(13-20(28-2)21(19)29-3)22(26)24-14-18(25-8-10-30-11-9-25)16-6-4-5-7-17(16)23/h4-7,12-13,18H,8-11,14H2,1-3H3,(H,24,26). The number of rotatable bonds is 8. The number of carbonyl (C=O) groups is 1. The summed E-state index contributed by atoms with van der Waals surface area (Å²) in [5, 5.41) is 3.71. The Balaban J connectivity index is 1.81. The number of nitrogens with one attached hydrogen (secondary N) is 1. The summed E-state index contributed by atoms with van der Waals surface area (Å²) >= 11 is 6.47. The molecule has 7 nitrogen and oxygen atoms in total. The van der Waals surface area contributed by atoms with Crippen molar-refractivity contribution in [2.24, 2.45) is 0 Å². The molecule has 0 aromatic heterocycles. The Morgan fingerprint density at radius 2 is 1.73 bits per heavy atom. The molecule has 0 aliphatic carbocycles. The minimum atomic E-state index is -0.237. The summed E-state index contributed by atoms with van der Waals surface area (Å²) in [6.07, 6.45) is 0. The molecule has 1 N–H and O–H groups in total. The van der Waals surface area contributed by atoms with Crippen molar-refractivity contribution < 1.29 is 23.7 Å². The number of nitrogens with zero attached hydrogens (tertiary/aromatic N) is 1. The van der Waals surface area contributed by atoms with E-state index in [0.717, 1.165) is 18.7 Å². The fraction of sp³-hybridized carbons (Fsp3) is 0.409. The minimum absolute atomic E-state index is 0.0615. The van der Waals surface area contributed by atoms with Crippen LogP contribution in [0, 0.1) is 0 Å². The Morgan fingerprint density at radius 1 is 1.10 bits per heavy atom. The summed E-state index contributed by atoms with van der Waals surface area (Å²) in [5.74, 6) is 1.06. The summed E-state index contributed by atoms with van der Waals surface area (Å²) in [6, 6.07) is 10.9. The predicted octanol–water partition coefficient (Wildman–Crippen LogP) is 3.17. The second kappa shape index (κ2) is 10.5. The largest absolute Gasteiger partial charge is 0.493 e. The van der Waals surface area contributed by atoms with E-state index < -0.39 is 0 Å². The average molecular weight is 435 g/mol. The van der Waals surface area contributed by atoms with Crippen LogP contribution in [0.1, 0.15) is 22.0 Å². The molecular formula is C22H27ClN2O5. The van der Waals surface area contributed by atoms with Gasteiger partial charge in [0.15, 0.2) is 11.5 Å². The third kappa shape index (κ3) is 4.98. The van der Waals surface area contributed by atoms with Gasteiger partial charge in [-0.1, -0.05) is 29.8 Å². The molecule has 0 spiro atoms. The Hall–Kier alpha value is -2.48. The van der Waals surface area contributed by atoms with Gasteiger partial charge in [-0.15, -0.1) is 0 Å². The summed E-state index contributed by atoms with van der Waals surface area (Å²) in [7, 11) is 4.56. The summed E-state index contributed by atoms with van der Waals surface area (Å²) < 4.78 is 21.5. The maximum absolute atomic E-state index is 12.9. The number of halogens is 1. The van der Waals surface area contributed by atoms with Gasteiger partial charge in [0, 0.05) is 30.2 Å². The number of amides is 1. The lowest BCUT2D eigenvalue weighted by Gasteiger charge is -2.35. The SMILES string of the molecule is COc1cc(C(=O)NCC(c2ccccc2Cl)N2CCOCC2)cc(OC)c1OC. The molecule has 1 aliphatic heterocycles. The van der Waals surface area contributed by atoms with Crippen LogP contribution in [0.2, 0.25) is 5.02 Å². The topological polar surface area (TPSA) is 69.3 Å². The van der Waals surface area contributed by atoms with Gasteiger partial charge in [0.05, 0.1) is 40.6 Å².